The van der Waals surface area contributed by atoms with E-state index in [9.17, 15) is 4.79 Å². The quantitative estimate of drug-likeness (QED) is 0.313. The van der Waals surface area contributed by atoms with Crippen LogP contribution >= 0.6 is 12.6 Å². The molecule has 1 amide bonds. The number of allylic oxidation sites excluding steroid dienone is 1. The molecule has 0 saturated carbocycles. The third kappa shape index (κ3) is 7.06. The number of ether oxygens (including phenoxy) is 1. The summed E-state index contributed by atoms with van der Waals surface area (Å²) in [7, 11) is 0. The van der Waals surface area contributed by atoms with Crippen LogP contribution in [0.15, 0.2) is 36.0 Å². The number of hydrogen-bond donors (Lipinski definition) is 4. The number of benzene rings is 1. The van der Waals surface area contributed by atoms with E-state index in [0.29, 0.717) is 31.9 Å². The Kier molecular flexibility index (Phi) is 8.38. The van der Waals surface area contributed by atoms with Crippen LogP contribution in [0.4, 0.5) is 0 Å². The third-order valence-corrected chi connectivity index (χ3v) is 3.16. The molecule has 0 aliphatic carbocycles. The number of thiol groups is 1. The minimum atomic E-state index is -0.277. The molecule has 5 nitrogen and oxygen atoms in total. The average Bonchev–Trinajstić information content (AvgIpc) is 2.52. The number of nitrogens with one attached hydrogen (secondary N) is 1. The summed E-state index contributed by atoms with van der Waals surface area (Å²) in [5.74, 6) is 1.19. The van der Waals surface area contributed by atoms with Gasteiger partial charge in [0.05, 0.1) is 12.2 Å². The van der Waals surface area contributed by atoms with Crippen LogP contribution in [0.1, 0.15) is 18.4 Å². The topological polar surface area (TPSA) is 90.4 Å². The Morgan fingerprint density at radius 3 is 2.67 bits per heavy atom. The minimum absolute atomic E-state index is 0.224. The highest BCUT2D eigenvalue weighted by molar-refractivity contribution is 7.79. The Bertz CT molecular complexity index is 460. The van der Waals surface area contributed by atoms with Crippen LogP contribution in [0.3, 0.4) is 0 Å². The Morgan fingerprint density at radius 2 is 2.05 bits per heavy atom. The van der Waals surface area contributed by atoms with Gasteiger partial charge in [0.1, 0.15) is 12.4 Å². The first kappa shape index (κ1) is 17.4. The van der Waals surface area contributed by atoms with Crippen LogP contribution in [0, 0.1) is 0 Å². The van der Waals surface area contributed by atoms with Crippen molar-refractivity contribution < 1.29 is 9.53 Å². The van der Waals surface area contributed by atoms with Gasteiger partial charge in [-0.25, -0.2) is 0 Å². The predicted octanol–water partition coefficient (Wildman–Crippen LogP) is 1.19. The molecule has 0 bridgehead atoms. The Hall–Kier alpha value is -1.66. The first-order valence-electron chi connectivity index (χ1n) is 6.94. The highest BCUT2D eigenvalue weighted by Crippen LogP contribution is 2.12. The monoisotopic (exact) mass is 309 g/mol. The van der Waals surface area contributed by atoms with E-state index in [2.05, 4.69) is 17.9 Å². The lowest BCUT2D eigenvalue weighted by atomic mass is 10.2. The molecule has 1 aromatic rings. The zero-order valence-corrected chi connectivity index (χ0v) is 12.9. The first-order valence-corrected chi connectivity index (χ1v) is 7.57. The van der Waals surface area contributed by atoms with E-state index < -0.39 is 0 Å². The maximum Gasteiger partial charge on any atom is 0.266 e. The van der Waals surface area contributed by atoms with Crippen molar-refractivity contribution in [3.63, 3.8) is 0 Å². The van der Waals surface area contributed by atoms with Gasteiger partial charge in [0, 0.05) is 5.75 Å². The van der Waals surface area contributed by atoms with Crippen molar-refractivity contribution in [1.29, 1.82) is 0 Å². The molecule has 0 unspecified atom stereocenters. The SMILES string of the molecule is NCCC/C=C(\N)C(=O)NCCOc1ccc(CS)cc1. The van der Waals surface area contributed by atoms with Crippen molar-refractivity contribution in [2.45, 2.75) is 18.6 Å². The van der Waals surface area contributed by atoms with Crippen LogP contribution in [-0.2, 0) is 10.5 Å². The molecule has 0 heterocycles. The van der Waals surface area contributed by atoms with Crippen LogP contribution in [0.25, 0.3) is 0 Å². The summed E-state index contributed by atoms with van der Waals surface area (Å²) in [5.41, 5.74) is 12.4. The van der Waals surface area contributed by atoms with E-state index in [0.717, 1.165) is 17.7 Å². The van der Waals surface area contributed by atoms with Crippen molar-refractivity contribution in [2.75, 3.05) is 19.7 Å². The number of nitrogens with two attached hydrogens (primary N) is 2. The van der Waals surface area contributed by atoms with Crippen LogP contribution in [0.5, 0.6) is 5.75 Å². The van der Waals surface area contributed by atoms with Gasteiger partial charge in [-0.05, 0) is 37.1 Å². The number of carbonyl (C=O) groups is 1. The standard InChI is InChI=1S/C15H23N3O2S/c16-8-2-1-3-14(17)15(19)18-9-10-20-13-6-4-12(11-21)5-7-13/h3-7,21H,1-2,8-11,16-17H2,(H,18,19)/b14-3-. The van der Waals surface area contributed by atoms with E-state index in [1.165, 1.54) is 0 Å². The van der Waals surface area contributed by atoms with E-state index in [1.54, 1.807) is 6.08 Å². The summed E-state index contributed by atoms with van der Waals surface area (Å²) >= 11 is 4.19. The summed E-state index contributed by atoms with van der Waals surface area (Å²) < 4.78 is 5.52. The number of rotatable bonds is 9. The summed E-state index contributed by atoms with van der Waals surface area (Å²) in [5, 5.41) is 2.70. The van der Waals surface area contributed by atoms with Gasteiger partial charge >= 0.3 is 0 Å². The number of hydrogen-bond acceptors (Lipinski definition) is 5. The highest BCUT2D eigenvalue weighted by atomic mass is 32.1. The molecule has 5 N–H and O–H groups in total. The Labute approximate surface area is 131 Å². The van der Waals surface area contributed by atoms with Gasteiger partial charge in [-0.1, -0.05) is 18.2 Å². The molecule has 0 aliphatic rings. The van der Waals surface area contributed by atoms with Crippen molar-refractivity contribution in [2.24, 2.45) is 11.5 Å². The first-order chi connectivity index (χ1) is 10.2. The second kappa shape index (κ2) is 10.1. The van der Waals surface area contributed by atoms with Gasteiger partial charge < -0.3 is 21.5 Å². The normalized spacial score (nSPS) is 11.2. The van der Waals surface area contributed by atoms with Gasteiger partial charge in [-0.3, -0.25) is 4.79 Å². The van der Waals surface area contributed by atoms with E-state index in [4.69, 9.17) is 16.2 Å². The smallest absolute Gasteiger partial charge is 0.266 e. The molecular formula is C15H23N3O2S. The molecular weight excluding hydrogens is 286 g/mol. The second-order valence-electron chi connectivity index (χ2n) is 4.50. The maximum atomic E-state index is 11.6. The fraction of sp³-hybridized carbons (Fsp3) is 0.400. The molecule has 1 rings (SSSR count). The average molecular weight is 309 g/mol. The number of unbranched alkanes of at least 4 members (excludes halogenated alkanes) is 1. The second-order valence-corrected chi connectivity index (χ2v) is 4.81. The Morgan fingerprint density at radius 1 is 1.33 bits per heavy atom. The lowest BCUT2D eigenvalue weighted by Crippen LogP contribution is -2.32. The van der Waals surface area contributed by atoms with Gasteiger partial charge in [-0.2, -0.15) is 12.6 Å². The fourth-order valence-electron chi connectivity index (χ4n) is 1.59. The maximum absolute atomic E-state index is 11.6. The minimum Gasteiger partial charge on any atom is -0.492 e. The highest BCUT2D eigenvalue weighted by Gasteiger charge is 2.03. The molecule has 0 aliphatic heterocycles. The molecule has 21 heavy (non-hydrogen) atoms. The molecule has 0 aromatic heterocycles. The lowest BCUT2D eigenvalue weighted by Gasteiger charge is -2.08. The molecule has 0 saturated heterocycles. The summed E-state index contributed by atoms with van der Waals surface area (Å²) in [6, 6.07) is 7.68. The van der Waals surface area contributed by atoms with Crippen LogP contribution < -0.4 is 21.5 Å². The molecule has 0 atom stereocenters. The zero-order chi connectivity index (χ0) is 15.5. The molecule has 6 heteroatoms. The predicted molar refractivity (Wildman–Crippen MR) is 88.2 cm³/mol. The summed E-state index contributed by atoms with van der Waals surface area (Å²) in [6.07, 6.45) is 3.22. The van der Waals surface area contributed by atoms with Crippen molar-refractivity contribution in [3.05, 3.63) is 41.6 Å². The zero-order valence-electron chi connectivity index (χ0n) is 12.0. The fourth-order valence-corrected chi connectivity index (χ4v) is 1.81. The lowest BCUT2D eigenvalue weighted by molar-refractivity contribution is -0.117. The molecule has 0 spiro atoms. The van der Waals surface area contributed by atoms with Gasteiger partial charge in [0.25, 0.3) is 5.91 Å². The van der Waals surface area contributed by atoms with E-state index >= 15 is 0 Å². The van der Waals surface area contributed by atoms with E-state index in [-0.39, 0.29) is 11.6 Å². The van der Waals surface area contributed by atoms with E-state index in [1.807, 2.05) is 24.3 Å². The number of amides is 1. The molecule has 116 valence electrons. The molecule has 0 fully saturated rings. The van der Waals surface area contributed by atoms with Crippen molar-refractivity contribution in [3.8, 4) is 5.75 Å². The third-order valence-electron chi connectivity index (χ3n) is 2.80. The number of carbonyl (C=O) groups excluding carboxylic acids is 1. The van der Waals surface area contributed by atoms with Gasteiger partial charge in [0.2, 0.25) is 0 Å². The largest absolute Gasteiger partial charge is 0.492 e. The van der Waals surface area contributed by atoms with Gasteiger partial charge in [0.15, 0.2) is 0 Å². The van der Waals surface area contributed by atoms with Crippen molar-refractivity contribution in [1.82, 2.24) is 5.32 Å². The van der Waals surface area contributed by atoms with Gasteiger partial charge in [-0.15, -0.1) is 0 Å². The summed E-state index contributed by atoms with van der Waals surface area (Å²) in [6.45, 7) is 1.38. The molecule has 0 radical (unpaired) electrons. The Balaban J connectivity index is 2.23. The summed E-state index contributed by atoms with van der Waals surface area (Å²) in [4.78, 5) is 11.6. The van der Waals surface area contributed by atoms with Crippen LogP contribution in [0.2, 0.25) is 0 Å². The van der Waals surface area contributed by atoms with Crippen molar-refractivity contribution >= 4 is 18.5 Å². The molecule has 1 aromatic carbocycles. The van der Waals surface area contributed by atoms with Crippen LogP contribution in [-0.4, -0.2) is 25.6 Å².